The highest BCUT2D eigenvalue weighted by molar-refractivity contribution is 9.10. The third-order valence-electron chi connectivity index (χ3n) is 2.40. The van der Waals surface area contributed by atoms with Gasteiger partial charge in [0.05, 0.1) is 6.61 Å². The molecule has 1 fully saturated rings. The molecule has 82 valence electrons. The summed E-state index contributed by atoms with van der Waals surface area (Å²) in [5, 5.41) is 3.46. The fourth-order valence-corrected chi connectivity index (χ4v) is 1.79. The molecule has 1 saturated carbocycles. The Morgan fingerprint density at radius 3 is 3.00 bits per heavy atom. The van der Waals surface area contributed by atoms with Crippen LogP contribution < -0.4 is 10.1 Å². The zero-order chi connectivity index (χ0) is 10.5. The van der Waals surface area contributed by atoms with E-state index in [0.717, 1.165) is 35.8 Å². The van der Waals surface area contributed by atoms with Gasteiger partial charge in [0.15, 0.2) is 0 Å². The first-order chi connectivity index (χ1) is 7.34. The highest BCUT2D eigenvalue weighted by Gasteiger charge is 2.19. The van der Waals surface area contributed by atoms with Crippen LogP contribution in [0.2, 0.25) is 0 Å². The minimum atomic E-state index is 0.788. The van der Waals surface area contributed by atoms with E-state index in [-0.39, 0.29) is 0 Å². The highest BCUT2D eigenvalue weighted by atomic mass is 79.9. The van der Waals surface area contributed by atoms with Crippen molar-refractivity contribution < 1.29 is 4.74 Å². The molecule has 0 aliphatic heterocycles. The SMILES string of the molecule is Brc1cccc(OCCCNC2CC2)c1. The minimum Gasteiger partial charge on any atom is -0.494 e. The topological polar surface area (TPSA) is 21.3 Å². The van der Waals surface area contributed by atoms with Crippen LogP contribution in [0.25, 0.3) is 0 Å². The molecule has 0 atom stereocenters. The molecule has 2 nitrogen and oxygen atoms in total. The predicted octanol–water partition coefficient (Wildman–Crippen LogP) is 2.97. The lowest BCUT2D eigenvalue weighted by molar-refractivity contribution is 0.308. The molecule has 0 aromatic heterocycles. The van der Waals surface area contributed by atoms with E-state index in [1.54, 1.807) is 0 Å². The second-order valence-corrected chi connectivity index (χ2v) is 4.80. The molecule has 1 aromatic rings. The summed E-state index contributed by atoms with van der Waals surface area (Å²) in [6.45, 7) is 1.86. The zero-order valence-corrected chi connectivity index (χ0v) is 10.3. The van der Waals surface area contributed by atoms with Crippen molar-refractivity contribution in [3.05, 3.63) is 28.7 Å². The first-order valence-corrected chi connectivity index (χ1v) is 6.25. The molecule has 1 aliphatic carbocycles. The molecular weight excluding hydrogens is 254 g/mol. The third-order valence-corrected chi connectivity index (χ3v) is 2.89. The van der Waals surface area contributed by atoms with E-state index in [0.29, 0.717) is 0 Å². The van der Waals surface area contributed by atoms with Gasteiger partial charge in [-0.25, -0.2) is 0 Å². The molecule has 15 heavy (non-hydrogen) atoms. The lowest BCUT2D eigenvalue weighted by atomic mass is 10.3. The molecule has 0 unspecified atom stereocenters. The van der Waals surface area contributed by atoms with Crippen LogP contribution in [0.3, 0.4) is 0 Å². The van der Waals surface area contributed by atoms with Gasteiger partial charge in [-0.05, 0) is 44.0 Å². The van der Waals surface area contributed by atoms with Crippen LogP contribution in [0.15, 0.2) is 28.7 Å². The van der Waals surface area contributed by atoms with Crippen molar-refractivity contribution in [3.8, 4) is 5.75 Å². The summed E-state index contributed by atoms with van der Waals surface area (Å²) < 4.78 is 6.68. The van der Waals surface area contributed by atoms with Crippen LogP contribution >= 0.6 is 15.9 Å². The van der Waals surface area contributed by atoms with Crippen molar-refractivity contribution in [3.63, 3.8) is 0 Å². The van der Waals surface area contributed by atoms with Crippen LogP contribution in [-0.4, -0.2) is 19.2 Å². The molecule has 0 radical (unpaired) electrons. The summed E-state index contributed by atoms with van der Waals surface area (Å²) in [6.07, 6.45) is 3.78. The van der Waals surface area contributed by atoms with Crippen molar-refractivity contribution in [2.75, 3.05) is 13.2 Å². The van der Waals surface area contributed by atoms with Crippen LogP contribution in [0.1, 0.15) is 19.3 Å². The van der Waals surface area contributed by atoms with Crippen molar-refractivity contribution in [1.82, 2.24) is 5.32 Å². The summed E-state index contributed by atoms with van der Waals surface area (Å²) in [4.78, 5) is 0. The van der Waals surface area contributed by atoms with Crippen molar-refractivity contribution >= 4 is 15.9 Å². The molecule has 0 saturated heterocycles. The van der Waals surface area contributed by atoms with E-state index >= 15 is 0 Å². The zero-order valence-electron chi connectivity index (χ0n) is 8.71. The molecule has 1 aromatic carbocycles. The van der Waals surface area contributed by atoms with Crippen molar-refractivity contribution in [2.24, 2.45) is 0 Å². The summed E-state index contributed by atoms with van der Waals surface area (Å²) in [6, 6.07) is 8.77. The standard InChI is InChI=1S/C12H16BrNO/c13-10-3-1-4-12(9-10)15-8-2-7-14-11-5-6-11/h1,3-4,9,11,14H,2,5-8H2. The van der Waals surface area contributed by atoms with Gasteiger partial charge in [-0.15, -0.1) is 0 Å². The number of benzene rings is 1. The molecule has 3 heteroatoms. The van der Waals surface area contributed by atoms with E-state index in [1.807, 2.05) is 24.3 Å². The van der Waals surface area contributed by atoms with Crippen LogP contribution in [0, 0.1) is 0 Å². The first-order valence-electron chi connectivity index (χ1n) is 5.46. The maximum Gasteiger partial charge on any atom is 0.120 e. The van der Waals surface area contributed by atoms with E-state index < -0.39 is 0 Å². The van der Waals surface area contributed by atoms with Crippen molar-refractivity contribution in [2.45, 2.75) is 25.3 Å². The molecule has 1 aliphatic rings. The average molecular weight is 270 g/mol. The molecule has 0 amide bonds. The van der Waals surface area contributed by atoms with Gasteiger partial charge < -0.3 is 10.1 Å². The second-order valence-electron chi connectivity index (χ2n) is 3.89. The second kappa shape index (κ2) is 5.52. The van der Waals surface area contributed by atoms with Gasteiger partial charge in [-0.1, -0.05) is 22.0 Å². The monoisotopic (exact) mass is 269 g/mol. The third kappa shape index (κ3) is 4.22. The van der Waals surface area contributed by atoms with Gasteiger partial charge in [-0.2, -0.15) is 0 Å². The Kier molecular flexibility index (Phi) is 4.03. The summed E-state index contributed by atoms with van der Waals surface area (Å²) in [7, 11) is 0. The fraction of sp³-hybridized carbons (Fsp3) is 0.500. The van der Waals surface area contributed by atoms with E-state index in [2.05, 4.69) is 21.2 Å². The normalized spacial score (nSPS) is 15.3. The van der Waals surface area contributed by atoms with Crippen molar-refractivity contribution in [1.29, 1.82) is 0 Å². The molecule has 2 rings (SSSR count). The van der Waals surface area contributed by atoms with E-state index in [9.17, 15) is 0 Å². The Hall–Kier alpha value is -0.540. The molecule has 1 N–H and O–H groups in total. The van der Waals surface area contributed by atoms with Gasteiger partial charge >= 0.3 is 0 Å². The summed E-state index contributed by atoms with van der Waals surface area (Å²) in [5.41, 5.74) is 0. The van der Waals surface area contributed by atoms with E-state index in [4.69, 9.17) is 4.74 Å². The largest absolute Gasteiger partial charge is 0.494 e. The maximum absolute atomic E-state index is 5.62. The lowest BCUT2D eigenvalue weighted by Crippen LogP contribution is -2.19. The Balaban J connectivity index is 1.60. The van der Waals surface area contributed by atoms with Gasteiger partial charge in [0.2, 0.25) is 0 Å². The maximum atomic E-state index is 5.62. The average Bonchev–Trinajstić information content (AvgIpc) is 3.01. The minimum absolute atomic E-state index is 0.788. The quantitative estimate of drug-likeness (QED) is 0.802. The highest BCUT2D eigenvalue weighted by Crippen LogP contribution is 2.19. The Morgan fingerprint density at radius 2 is 2.27 bits per heavy atom. The lowest BCUT2D eigenvalue weighted by Gasteiger charge is -2.06. The van der Waals surface area contributed by atoms with Gasteiger partial charge in [0, 0.05) is 10.5 Å². The Bertz CT molecular complexity index is 312. The number of hydrogen-bond donors (Lipinski definition) is 1. The molecular formula is C12H16BrNO. The number of halogens is 1. The van der Waals surface area contributed by atoms with Gasteiger partial charge in [0.1, 0.15) is 5.75 Å². The number of rotatable bonds is 6. The van der Waals surface area contributed by atoms with Gasteiger partial charge in [-0.3, -0.25) is 0 Å². The number of hydrogen-bond acceptors (Lipinski definition) is 2. The number of ether oxygens (including phenoxy) is 1. The fourth-order valence-electron chi connectivity index (χ4n) is 1.41. The van der Waals surface area contributed by atoms with Crippen LogP contribution in [0.5, 0.6) is 5.75 Å². The summed E-state index contributed by atoms with van der Waals surface area (Å²) >= 11 is 3.42. The smallest absolute Gasteiger partial charge is 0.120 e. The van der Waals surface area contributed by atoms with Gasteiger partial charge in [0.25, 0.3) is 0 Å². The van der Waals surface area contributed by atoms with Crippen LogP contribution in [-0.2, 0) is 0 Å². The predicted molar refractivity (Wildman–Crippen MR) is 65.3 cm³/mol. The van der Waals surface area contributed by atoms with E-state index in [1.165, 1.54) is 12.8 Å². The molecule has 0 bridgehead atoms. The number of nitrogens with one attached hydrogen (secondary N) is 1. The summed E-state index contributed by atoms with van der Waals surface area (Å²) in [5.74, 6) is 0.941. The Labute approximate surface area is 99.1 Å². The van der Waals surface area contributed by atoms with Crippen LogP contribution in [0.4, 0.5) is 0 Å². The molecule has 0 spiro atoms. The molecule has 0 heterocycles. The first kappa shape index (κ1) is 11.0. The Morgan fingerprint density at radius 1 is 1.40 bits per heavy atom.